The van der Waals surface area contributed by atoms with Crippen LogP contribution in [0.2, 0.25) is 0 Å². The van der Waals surface area contributed by atoms with E-state index in [-0.39, 0.29) is 24.6 Å². The molecule has 0 aromatic heterocycles. The second kappa shape index (κ2) is 25.7. The molecule has 50 heavy (non-hydrogen) atoms. The SMILES string of the molecule is CCC(CCCCCOc1ccc(C(=O)Oc2ccc(C=CC(=O)O)cc2CCOC)cc1)OC(=O)CCCCCOC(=O)CCCCCO. The largest absolute Gasteiger partial charge is 0.494 e. The van der Waals surface area contributed by atoms with Gasteiger partial charge in [0.15, 0.2) is 0 Å². The number of rotatable bonds is 27. The molecule has 276 valence electrons. The molecule has 0 bridgehead atoms. The fourth-order valence-electron chi connectivity index (χ4n) is 5.02. The van der Waals surface area contributed by atoms with Gasteiger partial charge in [-0.3, -0.25) is 9.59 Å². The number of hydrogen-bond acceptors (Lipinski definition) is 10. The van der Waals surface area contributed by atoms with Crippen LogP contribution in [-0.2, 0) is 35.0 Å². The van der Waals surface area contributed by atoms with E-state index in [0.717, 1.165) is 69.4 Å². The maximum Gasteiger partial charge on any atom is 0.343 e. The van der Waals surface area contributed by atoms with Gasteiger partial charge in [0.1, 0.15) is 17.6 Å². The number of carbonyl (C=O) groups is 4. The number of carbonyl (C=O) groups excluding carboxylic acids is 3. The molecule has 0 aliphatic carbocycles. The minimum absolute atomic E-state index is 0.106. The summed E-state index contributed by atoms with van der Waals surface area (Å²) in [4.78, 5) is 47.6. The van der Waals surface area contributed by atoms with Gasteiger partial charge in [0.2, 0.25) is 0 Å². The number of esters is 3. The highest BCUT2D eigenvalue weighted by Crippen LogP contribution is 2.24. The Morgan fingerprint density at radius 1 is 0.800 bits per heavy atom. The van der Waals surface area contributed by atoms with Gasteiger partial charge >= 0.3 is 23.9 Å². The van der Waals surface area contributed by atoms with Gasteiger partial charge < -0.3 is 33.9 Å². The Hall–Kier alpha value is -4.22. The first kappa shape index (κ1) is 41.9. The quantitative estimate of drug-likeness (QED) is 0.0424. The molecule has 0 saturated heterocycles. The number of ether oxygens (including phenoxy) is 5. The van der Waals surface area contributed by atoms with Crippen molar-refractivity contribution in [3.05, 3.63) is 65.2 Å². The van der Waals surface area contributed by atoms with Gasteiger partial charge in [0, 0.05) is 32.6 Å². The third-order valence-electron chi connectivity index (χ3n) is 7.89. The zero-order chi connectivity index (χ0) is 36.4. The van der Waals surface area contributed by atoms with E-state index < -0.39 is 11.9 Å². The Kier molecular flexibility index (Phi) is 21.6. The van der Waals surface area contributed by atoms with Crippen molar-refractivity contribution >= 4 is 30.0 Å². The minimum atomic E-state index is -1.05. The number of aliphatic carboxylic acids is 1. The fraction of sp³-hybridized carbons (Fsp3) is 0.538. The summed E-state index contributed by atoms with van der Waals surface area (Å²) in [5.74, 6) is -0.941. The summed E-state index contributed by atoms with van der Waals surface area (Å²) in [6, 6.07) is 11.8. The Morgan fingerprint density at radius 2 is 1.50 bits per heavy atom. The number of aliphatic hydroxyl groups excluding tert-OH is 1. The Labute approximate surface area is 295 Å². The molecule has 0 fully saturated rings. The van der Waals surface area contributed by atoms with Gasteiger partial charge in [0.25, 0.3) is 0 Å². The molecule has 1 unspecified atom stereocenters. The van der Waals surface area contributed by atoms with Crippen molar-refractivity contribution in [2.75, 3.05) is 33.5 Å². The van der Waals surface area contributed by atoms with Gasteiger partial charge in [-0.1, -0.05) is 19.4 Å². The van der Waals surface area contributed by atoms with E-state index in [9.17, 15) is 19.2 Å². The molecule has 0 aliphatic heterocycles. The summed E-state index contributed by atoms with van der Waals surface area (Å²) < 4.78 is 27.5. The second-order valence-electron chi connectivity index (χ2n) is 12.0. The Balaban J connectivity index is 1.63. The highest BCUT2D eigenvalue weighted by atomic mass is 16.5. The maximum atomic E-state index is 12.8. The molecule has 2 aromatic rings. The van der Waals surface area contributed by atoms with Crippen molar-refractivity contribution in [2.45, 2.75) is 103 Å². The summed E-state index contributed by atoms with van der Waals surface area (Å²) in [5.41, 5.74) is 1.77. The lowest BCUT2D eigenvalue weighted by molar-refractivity contribution is -0.150. The van der Waals surface area contributed by atoms with Crippen LogP contribution in [0, 0.1) is 0 Å². The molecule has 2 rings (SSSR count). The highest BCUT2D eigenvalue weighted by Gasteiger charge is 2.14. The monoisotopic (exact) mass is 698 g/mol. The van der Waals surface area contributed by atoms with Crippen LogP contribution in [0.5, 0.6) is 11.5 Å². The van der Waals surface area contributed by atoms with Crippen LogP contribution in [0.25, 0.3) is 6.08 Å². The number of methoxy groups -OCH3 is 1. The second-order valence-corrected chi connectivity index (χ2v) is 12.0. The topological polar surface area (TPSA) is 155 Å². The van der Waals surface area contributed by atoms with Gasteiger partial charge in [-0.2, -0.15) is 0 Å². The molecule has 0 spiro atoms. The normalized spacial score (nSPS) is 11.7. The van der Waals surface area contributed by atoms with Gasteiger partial charge in [-0.05, 0) is 124 Å². The first-order chi connectivity index (χ1) is 24.2. The Morgan fingerprint density at radius 3 is 2.20 bits per heavy atom. The molecule has 0 amide bonds. The fourth-order valence-corrected chi connectivity index (χ4v) is 5.02. The molecular formula is C39H54O11. The zero-order valence-corrected chi connectivity index (χ0v) is 29.6. The maximum absolute atomic E-state index is 12.8. The molecule has 0 aliphatic rings. The predicted molar refractivity (Wildman–Crippen MR) is 189 cm³/mol. The molecule has 0 heterocycles. The molecule has 11 heteroatoms. The van der Waals surface area contributed by atoms with E-state index >= 15 is 0 Å². The van der Waals surface area contributed by atoms with Crippen LogP contribution in [0.15, 0.2) is 48.5 Å². The zero-order valence-electron chi connectivity index (χ0n) is 29.6. The first-order valence-corrected chi connectivity index (χ1v) is 17.7. The predicted octanol–water partition coefficient (Wildman–Crippen LogP) is 7.11. The number of carboxylic acid groups (broad SMARTS) is 1. The van der Waals surface area contributed by atoms with E-state index in [0.29, 0.717) is 74.6 Å². The van der Waals surface area contributed by atoms with Crippen LogP contribution >= 0.6 is 0 Å². The van der Waals surface area contributed by atoms with Gasteiger partial charge in [0.05, 0.1) is 25.4 Å². The van der Waals surface area contributed by atoms with E-state index in [2.05, 4.69) is 0 Å². The van der Waals surface area contributed by atoms with Crippen molar-refractivity contribution in [3.8, 4) is 11.5 Å². The smallest absolute Gasteiger partial charge is 0.343 e. The number of benzene rings is 2. The van der Waals surface area contributed by atoms with Crippen LogP contribution in [0.4, 0.5) is 0 Å². The van der Waals surface area contributed by atoms with Crippen LogP contribution < -0.4 is 9.47 Å². The number of aliphatic hydroxyl groups is 1. The average Bonchev–Trinajstić information content (AvgIpc) is 3.11. The molecule has 0 saturated carbocycles. The third-order valence-corrected chi connectivity index (χ3v) is 7.89. The molecule has 1 atom stereocenters. The van der Waals surface area contributed by atoms with Gasteiger partial charge in [-0.15, -0.1) is 0 Å². The number of unbranched alkanes of at least 4 members (excludes halogenated alkanes) is 6. The lowest BCUT2D eigenvalue weighted by Crippen LogP contribution is -2.17. The summed E-state index contributed by atoms with van der Waals surface area (Å²) in [6.07, 6.45) is 12.3. The molecular weight excluding hydrogens is 644 g/mol. The van der Waals surface area contributed by atoms with Crippen molar-refractivity contribution in [3.63, 3.8) is 0 Å². The first-order valence-electron chi connectivity index (χ1n) is 17.7. The van der Waals surface area contributed by atoms with E-state index in [1.54, 1.807) is 49.6 Å². The number of carboxylic acids is 1. The van der Waals surface area contributed by atoms with Crippen LogP contribution in [-0.4, -0.2) is 73.7 Å². The summed E-state index contributed by atoms with van der Waals surface area (Å²) in [6.45, 7) is 3.45. The minimum Gasteiger partial charge on any atom is -0.494 e. The van der Waals surface area contributed by atoms with E-state index in [1.807, 2.05) is 6.92 Å². The molecule has 2 N–H and O–H groups in total. The van der Waals surface area contributed by atoms with Crippen molar-refractivity contribution in [1.82, 2.24) is 0 Å². The van der Waals surface area contributed by atoms with E-state index in [4.69, 9.17) is 33.9 Å². The van der Waals surface area contributed by atoms with Crippen molar-refractivity contribution < 1.29 is 53.1 Å². The van der Waals surface area contributed by atoms with Crippen molar-refractivity contribution in [2.24, 2.45) is 0 Å². The lowest BCUT2D eigenvalue weighted by atomic mass is 10.1. The molecule has 2 aromatic carbocycles. The Bertz CT molecular complexity index is 1320. The molecule has 11 nitrogen and oxygen atoms in total. The van der Waals surface area contributed by atoms with E-state index in [1.165, 1.54) is 6.08 Å². The summed E-state index contributed by atoms with van der Waals surface area (Å²) in [5, 5.41) is 17.7. The third kappa shape index (κ3) is 18.5. The standard InChI is InChI=1S/C39H54O11/c1-3-33(49-38(44)15-9-6-12-27-48-37(43)14-8-4-10-25-40)13-7-5-11-26-47-34-20-18-31(19-21-34)39(45)50-35-22-16-30(17-23-36(41)42)29-32(35)24-28-46-2/h16-23,29,33,40H,3-15,24-28H2,1-2H3,(H,41,42). The highest BCUT2D eigenvalue weighted by molar-refractivity contribution is 5.91. The van der Waals surface area contributed by atoms with Crippen LogP contribution in [0.3, 0.4) is 0 Å². The summed E-state index contributed by atoms with van der Waals surface area (Å²) >= 11 is 0. The molecule has 0 radical (unpaired) electrons. The average molecular weight is 699 g/mol. The van der Waals surface area contributed by atoms with Crippen molar-refractivity contribution in [1.29, 1.82) is 0 Å². The van der Waals surface area contributed by atoms with Crippen LogP contribution in [0.1, 0.15) is 112 Å². The lowest BCUT2D eigenvalue weighted by Gasteiger charge is -2.16. The van der Waals surface area contributed by atoms with Gasteiger partial charge in [-0.25, -0.2) is 9.59 Å². The number of hydrogen-bond donors (Lipinski definition) is 2. The summed E-state index contributed by atoms with van der Waals surface area (Å²) in [7, 11) is 1.58.